The van der Waals surface area contributed by atoms with E-state index in [9.17, 15) is 24.6 Å². The van der Waals surface area contributed by atoms with Gasteiger partial charge in [0.1, 0.15) is 12.2 Å². The zero-order valence-corrected chi connectivity index (χ0v) is 18.9. The average molecular weight is 437 g/mol. The van der Waals surface area contributed by atoms with Crippen LogP contribution in [0.15, 0.2) is 48.1 Å². The van der Waals surface area contributed by atoms with E-state index in [1.165, 1.54) is 0 Å². The van der Waals surface area contributed by atoms with E-state index in [2.05, 4.69) is 0 Å². The standard InChI is InChI=1S/C24H36O7/c1-5-20(25)22(27)13-11-9-7-6-8-10-12-21(26)18(3)16-17(2)19(4)31-24(30)15-14-23(28)29/h6-11,16-17,19,21-22,26-27H,5,12-15H2,1-4H3,(H,28,29)/b7-6+,10-8+,11-9+,18-16+/t17-,19-,21+,22-/m1/s1. The molecule has 0 fully saturated rings. The number of hydrogen-bond acceptors (Lipinski definition) is 6. The number of Topliss-reactive ketones (excluding diaryl/α,β-unsaturated/α-hetero) is 1. The maximum atomic E-state index is 11.6. The van der Waals surface area contributed by atoms with Gasteiger partial charge in [0.2, 0.25) is 0 Å². The van der Waals surface area contributed by atoms with Crippen molar-refractivity contribution in [3.05, 3.63) is 48.1 Å². The van der Waals surface area contributed by atoms with Crippen LogP contribution in [0.2, 0.25) is 0 Å². The van der Waals surface area contributed by atoms with E-state index in [-0.39, 0.29) is 31.0 Å². The Labute approximate surface area is 184 Å². The first-order chi connectivity index (χ1) is 14.6. The van der Waals surface area contributed by atoms with Crippen LogP contribution < -0.4 is 0 Å². The van der Waals surface area contributed by atoms with E-state index in [1.54, 1.807) is 51.2 Å². The lowest BCUT2D eigenvalue weighted by molar-refractivity contribution is -0.152. The Morgan fingerprint density at radius 1 is 0.903 bits per heavy atom. The van der Waals surface area contributed by atoms with Gasteiger partial charge in [0.05, 0.1) is 18.9 Å². The van der Waals surface area contributed by atoms with Crippen molar-refractivity contribution < 1.29 is 34.4 Å². The Balaban J connectivity index is 4.40. The van der Waals surface area contributed by atoms with Gasteiger partial charge in [-0.3, -0.25) is 14.4 Å². The highest BCUT2D eigenvalue weighted by Gasteiger charge is 2.17. The molecule has 0 bridgehead atoms. The van der Waals surface area contributed by atoms with E-state index in [4.69, 9.17) is 9.84 Å². The molecule has 0 saturated heterocycles. The van der Waals surface area contributed by atoms with Crippen molar-refractivity contribution in [1.29, 1.82) is 0 Å². The number of rotatable bonds is 15. The third-order valence-corrected chi connectivity index (χ3v) is 4.70. The second-order valence-electron chi connectivity index (χ2n) is 7.42. The van der Waals surface area contributed by atoms with Gasteiger partial charge in [0, 0.05) is 12.3 Å². The molecule has 0 aliphatic rings. The molecule has 0 aliphatic heterocycles. The van der Waals surface area contributed by atoms with Crippen LogP contribution in [0.5, 0.6) is 0 Å². The molecule has 0 unspecified atom stereocenters. The molecular weight excluding hydrogens is 400 g/mol. The Hall–Kier alpha value is -2.51. The molecule has 3 N–H and O–H groups in total. The second kappa shape index (κ2) is 16.2. The zero-order valence-electron chi connectivity index (χ0n) is 18.9. The number of aliphatic carboxylic acids is 1. The predicted octanol–water partition coefficient (Wildman–Crippen LogP) is 3.52. The predicted molar refractivity (Wildman–Crippen MR) is 119 cm³/mol. The summed E-state index contributed by atoms with van der Waals surface area (Å²) < 4.78 is 5.23. The molecule has 0 rings (SSSR count). The second-order valence-corrected chi connectivity index (χ2v) is 7.42. The molecule has 31 heavy (non-hydrogen) atoms. The minimum atomic E-state index is -1.04. The lowest BCUT2D eigenvalue weighted by Gasteiger charge is -2.19. The highest BCUT2D eigenvalue weighted by molar-refractivity contribution is 5.82. The number of carbonyl (C=O) groups is 3. The largest absolute Gasteiger partial charge is 0.481 e. The van der Waals surface area contributed by atoms with Crippen LogP contribution in [0, 0.1) is 5.92 Å². The molecule has 0 aromatic rings. The number of aliphatic hydroxyl groups is 2. The van der Waals surface area contributed by atoms with Crippen molar-refractivity contribution in [3.8, 4) is 0 Å². The number of esters is 1. The van der Waals surface area contributed by atoms with Gasteiger partial charge < -0.3 is 20.1 Å². The monoisotopic (exact) mass is 436 g/mol. The summed E-state index contributed by atoms with van der Waals surface area (Å²) in [6, 6.07) is 0. The summed E-state index contributed by atoms with van der Waals surface area (Å²) in [5.41, 5.74) is 0.754. The average Bonchev–Trinajstić information content (AvgIpc) is 2.72. The van der Waals surface area contributed by atoms with E-state index < -0.39 is 30.3 Å². The number of carbonyl (C=O) groups excluding carboxylic acids is 2. The highest BCUT2D eigenvalue weighted by Crippen LogP contribution is 2.16. The van der Waals surface area contributed by atoms with Crippen LogP contribution in [0.25, 0.3) is 0 Å². The Kier molecular flexibility index (Phi) is 14.9. The first-order valence-electron chi connectivity index (χ1n) is 10.5. The normalized spacial score (nSPS) is 16.5. The third kappa shape index (κ3) is 14.2. The van der Waals surface area contributed by atoms with Crippen molar-refractivity contribution in [2.45, 2.75) is 78.1 Å². The minimum absolute atomic E-state index is 0.132. The Bertz CT molecular complexity index is 688. The summed E-state index contributed by atoms with van der Waals surface area (Å²) in [6.45, 7) is 7.11. The molecule has 0 radical (unpaired) electrons. The number of carboxylic acids is 1. The van der Waals surface area contributed by atoms with E-state index in [0.29, 0.717) is 12.8 Å². The van der Waals surface area contributed by atoms with Gasteiger partial charge in [0.25, 0.3) is 0 Å². The number of hydrogen-bond donors (Lipinski definition) is 3. The van der Waals surface area contributed by atoms with E-state index in [1.807, 2.05) is 19.1 Å². The smallest absolute Gasteiger partial charge is 0.306 e. The van der Waals surface area contributed by atoms with Crippen LogP contribution in [0.3, 0.4) is 0 Å². The summed E-state index contributed by atoms with van der Waals surface area (Å²) in [5, 5.41) is 28.4. The number of allylic oxidation sites excluding steroid dienone is 4. The van der Waals surface area contributed by atoms with Crippen LogP contribution in [0.1, 0.15) is 59.8 Å². The van der Waals surface area contributed by atoms with Gasteiger partial charge in [-0.05, 0) is 32.3 Å². The molecule has 0 amide bonds. The maximum absolute atomic E-state index is 11.6. The van der Waals surface area contributed by atoms with Crippen molar-refractivity contribution in [2.75, 3.05) is 0 Å². The van der Waals surface area contributed by atoms with Gasteiger partial charge in [-0.15, -0.1) is 0 Å². The lowest BCUT2D eigenvalue weighted by Crippen LogP contribution is -2.22. The van der Waals surface area contributed by atoms with Crippen molar-refractivity contribution in [3.63, 3.8) is 0 Å². The van der Waals surface area contributed by atoms with Gasteiger partial charge in [0.15, 0.2) is 5.78 Å². The van der Waals surface area contributed by atoms with Crippen LogP contribution >= 0.6 is 0 Å². The topological polar surface area (TPSA) is 121 Å². The van der Waals surface area contributed by atoms with Crippen LogP contribution in [-0.2, 0) is 19.1 Å². The maximum Gasteiger partial charge on any atom is 0.306 e. The molecule has 0 spiro atoms. The molecule has 0 aliphatic carbocycles. The summed E-state index contributed by atoms with van der Waals surface area (Å²) in [4.78, 5) is 33.4. The summed E-state index contributed by atoms with van der Waals surface area (Å²) in [7, 11) is 0. The molecule has 0 heterocycles. The first kappa shape index (κ1) is 28.5. The minimum Gasteiger partial charge on any atom is -0.481 e. The van der Waals surface area contributed by atoms with Crippen LogP contribution in [0.4, 0.5) is 0 Å². The third-order valence-electron chi connectivity index (χ3n) is 4.70. The number of ketones is 1. The molecule has 0 aromatic heterocycles. The highest BCUT2D eigenvalue weighted by atomic mass is 16.5. The Morgan fingerprint density at radius 2 is 1.45 bits per heavy atom. The van der Waals surface area contributed by atoms with Crippen LogP contribution in [-0.4, -0.2) is 51.4 Å². The SMILES string of the molecule is CCC(=O)[C@H](O)C/C=C/C=C/C=C/C[C@H](O)/C(C)=C/[C@@H](C)[C@@H](C)OC(=O)CCC(=O)O. The van der Waals surface area contributed by atoms with Gasteiger partial charge in [-0.2, -0.15) is 0 Å². The summed E-state index contributed by atoms with van der Waals surface area (Å²) in [5.74, 6) is -1.90. The zero-order chi connectivity index (χ0) is 23.8. The van der Waals surface area contributed by atoms with E-state index in [0.717, 1.165) is 5.57 Å². The molecule has 4 atom stereocenters. The van der Waals surface area contributed by atoms with Gasteiger partial charge >= 0.3 is 11.9 Å². The number of aliphatic hydroxyl groups excluding tert-OH is 2. The van der Waals surface area contributed by atoms with E-state index >= 15 is 0 Å². The molecule has 0 saturated carbocycles. The molecule has 7 heteroatoms. The number of carboxylic acid groups (broad SMARTS) is 1. The summed E-state index contributed by atoms with van der Waals surface area (Å²) >= 11 is 0. The fourth-order valence-electron chi connectivity index (χ4n) is 2.50. The molecule has 0 aromatic carbocycles. The fourth-order valence-corrected chi connectivity index (χ4v) is 2.50. The lowest BCUT2D eigenvalue weighted by atomic mass is 9.99. The van der Waals surface area contributed by atoms with Gasteiger partial charge in [-0.1, -0.05) is 56.4 Å². The fraction of sp³-hybridized carbons (Fsp3) is 0.542. The van der Waals surface area contributed by atoms with Crippen molar-refractivity contribution in [2.24, 2.45) is 5.92 Å². The first-order valence-corrected chi connectivity index (χ1v) is 10.5. The van der Waals surface area contributed by atoms with Gasteiger partial charge in [-0.25, -0.2) is 0 Å². The molecule has 7 nitrogen and oxygen atoms in total. The quantitative estimate of drug-likeness (QED) is 0.204. The van der Waals surface area contributed by atoms with Crippen molar-refractivity contribution >= 4 is 17.7 Å². The summed E-state index contributed by atoms with van der Waals surface area (Å²) in [6.07, 6.45) is 11.0. The van der Waals surface area contributed by atoms with Crippen molar-refractivity contribution in [1.82, 2.24) is 0 Å². The Morgan fingerprint density at radius 3 is 1.97 bits per heavy atom. The number of ether oxygens (including phenoxy) is 1. The molecule has 174 valence electrons. The molecular formula is C24H36O7.